The van der Waals surface area contributed by atoms with E-state index in [1.54, 1.807) is 6.26 Å². The van der Waals surface area contributed by atoms with Gasteiger partial charge in [0.1, 0.15) is 5.76 Å². The summed E-state index contributed by atoms with van der Waals surface area (Å²) in [4.78, 5) is 4.88. The lowest BCUT2D eigenvalue weighted by Gasteiger charge is -2.32. The molecule has 0 radical (unpaired) electrons. The molecular formula is C24H37N7O5S3. The number of thiophene rings is 1. The minimum Gasteiger partial charge on any atom is -0.546 e. The molecule has 15 heteroatoms. The molecule has 1 aliphatic rings. The Morgan fingerprint density at radius 2 is 1.92 bits per heavy atom. The Hall–Kier alpha value is -2.27. The summed E-state index contributed by atoms with van der Waals surface area (Å²) >= 11 is -1.12. The van der Waals surface area contributed by atoms with Gasteiger partial charge in [-0.2, -0.15) is 0 Å². The number of aromatic hydroxyl groups is 1. The van der Waals surface area contributed by atoms with Gasteiger partial charge in [0.25, 0.3) is 10.0 Å². The first-order chi connectivity index (χ1) is 18.3. The van der Waals surface area contributed by atoms with E-state index < -0.39 is 26.9 Å². The molecule has 2 atom stereocenters. The topological polar surface area (TPSA) is 173 Å². The van der Waals surface area contributed by atoms with Gasteiger partial charge in [-0.3, -0.25) is 0 Å². The molecular weight excluding hydrogens is 563 g/mol. The van der Waals surface area contributed by atoms with Crippen molar-refractivity contribution in [1.29, 1.82) is 0 Å². The number of aryl methyl sites for hydroxylation is 1. The number of unbranched alkanes of at least 4 members (excludes halogenated alkanes) is 1. The molecule has 0 spiro atoms. The number of rotatable bonds is 11. The molecule has 0 aliphatic carbocycles. The van der Waals surface area contributed by atoms with Crippen molar-refractivity contribution < 1.29 is 22.5 Å². The lowest BCUT2D eigenvalue weighted by atomic mass is 9.85. The van der Waals surface area contributed by atoms with E-state index >= 15 is 0 Å². The van der Waals surface area contributed by atoms with Crippen LogP contribution in [0.3, 0.4) is 0 Å². The zero-order valence-corrected chi connectivity index (χ0v) is 25.1. The van der Waals surface area contributed by atoms with Crippen LogP contribution in [0.2, 0.25) is 0 Å². The molecule has 1 unspecified atom stereocenters. The van der Waals surface area contributed by atoms with Gasteiger partial charge in [0.15, 0.2) is 21.1 Å². The first-order valence-corrected chi connectivity index (χ1v) is 16.2. The molecule has 0 saturated carbocycles. The second-order valence-corrected chi connectivity index (χ2v) is 14.4. The highest BCUT2D eigenvalue weighted by Crippen LogP contribution is 2.42. The number of furan rings is 1. The Kier molecular flexibility index (Phi) is 9.20. The van der Waals surface area contributed by atoms with Crippen LogP contribution in [0.1, 0.15) is 51.0 Å². The van der Waals surface area contributed by atoms with Crippen LogP contribution in [-0.2, 0) is 16.4 Å². The molecule has 4 heterocycles. The molecule has 0 amide bonds. The summed E-state index contributed by atoms with van der Waals surface area (Å²) in [5.41, 5.74) is 0.863. The maximum atomic E-state index is 12.2. The fraction of sp³-hybridized carbons (Fsp3) is 0.583. The van der Waals surface area contributed by atoms with Gasteiger partial charge >= 0.3 is 0 Å². The SMILES string of the molecule is CN1CCN(CCCCc2coc([C@H](Nc3n[s+]([O-])nc3Nc3csc(S(N)(=O)=O)c3O)C(C)(C)C)c2)CC1. The number of nitrogens with zero attached hydrogens (tertiary/aromatic N) is 4. The van der Waals surface area contributed by atoms with Crippen LogP contribution in [0.15, 0.2) is 26.3 Å². The van der Waals surface area contributed by atoms with E-state index in [4.69, 9.17) is 9.56 Å². The van der Waals surface area contributed by atoms with Gasteiger partial charge in [0, 0.05) is 40.3 Å². The molecule has 216 valence electrons. The molecule has 3 aromatic heterocycles. The van der Waals surface area contributed by atoms with Gasteiger partial charge in [0.2, 0.25) is 11.6 Å². The van der Waals surface area contributed by atoms with E-state index in [1.807, 2.05) is 26.8 Å². The number of anilines is 3. The van der Waals surface area contributed by atoms with E-state index in [1.165, 1.54) is 5.38 Å². The third kappa shape index (κ3) is 7.68. The average Bonchev–Trinajstić information content (AvgIpc) is 3.54. The number of hydrogen-bond donors (Lipinski definition) is 4. The summed E-state index contributed by atoms with van der Waals surface area (Å²) in [6, 6.07) is 1.70. The third-order valence-corrected chi connectivity index (χ3v) is 9.83. The largest absolute Gasteiger partial charge is 0.546 e. The van der Waals surface area contributed by atoms with E-state index in [0.29, 0.717) is 5.76 Å². The van der Waals surface area contributed by atoms with E-state index in [-0.39, 0.29) is 33.0 Å². The molecule has 0 aromatic carbocycles. The fourth-order valence-corrected chi connectivity index (χ4v) is 6.76. The highest BCUT2D eigenvalue weighted by molar-refractivity contribution is 7.91. The molecule has 1 aliphatic heterocycles. The van der Waals surface area contributed by atoms with Crippen LogP contribution in [0.5, 0.6) is 5.75 Å². The molecule has 39 heavy (non-hydrogen) atoms. The van der Waals surface area contributed by atoms with Crippen molar-refractivity contribution in [2.75, 3.05) is 50.4 Å². The first-order valence-electron chi connectivity index (χ1n) is 12.8. The minimum absolute atomic E-state index is 0.0698. The molecule has 4 rings (SSSR count). The Morgan fingerprint density at radius 3 is 2.56 bits per heavy atom. The summed E-state index contributed by atoms with van der Waals surface area (Å²) in [6.07, 6.45) is 4.89. The Balaban J connectivity index is 1.42. The predicted octanol–water partition coefficient (Wildman–Crippen LogP) is 3.72. The molecule has 1 saturated heterocycles. The lowest BCUT2D eigenvalue weighted by molar-refractivity contribution is 0.152. The Morgan fingerprint density at radius 1 is 1.23 bits per heavy atom. The molecule has 1 fully saturated rings. The summed E-state index contributed by atoms with van der Waals surface area (Å²) < 4.78 is 49.2. The highest BCUT2D eigenvalue weighted by atomic mass is 32.2. The van der Waals surface area contributed by atoms with Crippen LogP contribution >= 0.6 is 22.5 Å². The number of nitrogens with two attached hydrogens (primary N) is 1. The molecule has 0 bridgehead atoms. The quantitative estimate of drug-likeness (QED) is 0.187. The van der Waals surface area contributed by atoms with Gasteiger partial charge in [-0.1, -0.05) is 20.8 Å². The van der Waals surface area contributed by atoms with E-state index in [0.717, 1.165) is 68.9 Å². The van der Waals surface area contributed by atoms with Crippen molar-refractivity contribution in [3.63, 3.8) is 0 Å². The van der Waals surface area contributed by atoms with Gasteiger partial charge in [-0.25, -0.2) is 13.6 Å². The summed E-state index contributed by atoms with van der Waals surface area (Å²) in [7, 11) is -1.93. The monoisotopic (exact) mass is 599 g/mol. The average molecular weight is 600 g/mol. The number of nitrogens with one attached hydrogen (secondary N) is 2. The molecule has 3 aromatic rings. The van der Waals surface area contributed by atoms with Crippen molar-refractivity contribution in [3.05, 3.63) is 29.0 Å². The first kappa shape index (κ1) is 29.7. The summed E-state index contributed by atoms with van der Waals surface area (Å²) in [6.45, 7) is 11.7. The number of hydrogen-bond acceptors (Lipinski definition) is 12. The van der Waals surface area contributed by atoms with Gasteiger partial charge < -0.3 is 34.5 Å². The van der Waals surface area contributed by atoms with Gasteiger partial charge in [-0.15, -0.1) is 11.3 Å². The van der Waals surface area contributed by atoms with Crippen LogP contribution in [0.4, 0.5) is 17.3 Å². The van der Waals surface area contributed by atoms with Crippen molar-refractivity contribution in [2.45, 2.75) is 50.3 Å². The summed E-state index contributed by atoms with van der Waals surface area (Å²) in [5.74, 6) is 0.498. The van der Waals surface area contributed by atoms with Crippen molar-refractivity contribution in [1.82, 2.24) is 18.5 Å². The van der Waals surface area contributed by atoms with Crippen molar-refractivity contribution in [2.24, 2.45) is 10.6 Å². The van der Waals surface area contributed by atoms with Crippen LogP contribution in [0, 0.1) is 5.41 Å². The number of primary sulfonamides is 1. The molecule has 5 N–H and O–H groups in total. The van der Waals surface area contributed by atoms with Gasteiger partial charge in [0.05, 0.1) is 18.0 Å². The van der Waals surface area contributed by atoms with Crippen LogP contribution in [0.25, 0.3) is 0 Å². The highest BCUT2D eigenvalue weighted by Gasteiger charge is 2.32. The number of aromatic nitrogens is 2. The lowest BCUT2D eigenvalue weighted by Crippen LogP contribution is -2.44. The van der Waals surface area contributed by atoms with E-state index in [2.05, 4.69) is 36.2 Å². The minimum atomic E-state index is -4.09. The smallest absolute Gasteiger partial charge is 0.251 e. The van der Waals surface area contributed by atoms with E-state index in [9.17, 15) is 18.1 Å². The Labute approximate surface area is 236 Å². The maximum absolute atomic E-state index is 12.2. The zero-order valence-electron chi connectivity index (χ0n) is 22.6. The van der Waals surface area contributed by atoms with Crippen molar-refractivity contribution >= 4 is 49.8 Å². The van der Waals surface area contributed by atoms with Crippen LogP contribution in [-0.4, -0.2) is 76.4 Å². The van der Waals surface area contributed by atoms with Gasteiger partial charge in [-0.05, 0) is 49.9 Å². The maximum Gasteiger partial charge on any atom is 0.251 e. The standard InChI is InChI=1S/C24H37N7O5S3/c1-24(2,3)20(18-13-16(14-36-18)7-5-6-8-31-11-9-30(4)10-12-31)27-22-21(28-38(33)29-22)26-17-15-37-23(19(17)32)39(25,34)35/h13-15,20,32H,5-12H2,1-4H3,(H,26,28)(H,27,29)(H2,25,34,35)/t20-,38?/m0/s1. The summed E-state index contributed by atoms with van der Waals surface area (Å²) in [5, 5.41) is 23.0. The second kappa shape index (κ2) is 12.1. The van der Waals surface area contributed by atoms with Crippen molar-refractivity contribution in [3.8, 4) is 5.75 Å². The predicted molar refractivity (Wildman–Crippen MR) is 153 cm³/mol. The third-order valence-electron chi connectivity index (χ3n) is 6.70. The fourth-order valence-electron chi connectivity index (χ4n) is 4.46. The molecule has 12 nitrogen and oxygen atoms in total. The number of sulfonamides is 1. The second-order valence-electron chi connectivity index (χ2n) is 11.0. The zero-order chi connectivity index (χ0) is 28.4. The Bertz CT molecular complexity index is 1350. The number of piperazine rings is 1. The normalized spacial score (nSPS) is 16.9. The van der Waals surface area contributed by atoms with Crippen LogP contribution < -0.4 is 15.8 Å². The number of likely N-dealkylation sites (N-methyl/N-ethyl adjacent to an activating group) is 1.